The van der Waals surface area contributed by atoms with Gasteiger partial charge in [-0.15, -0.1) is 0 Å². The first-order valence-corrected chi connectivity index (χ1v) is 4.72. The lowest BCUT2D eigenvalue weighted by atomic mass is 10.1. The van der Waals surface area contributed by atoms with E-state index in [9.17, 15) is 13.2 Å². The third-order valence-electron chi connectivity index (χ3n) is 2.19. The number of anilines is 1. The zero-order valence-electron chi connectivity index (χ0n) is 8.57. The topological polar surface area (TPSA) is 51.8 Å². The fraction of sp³-hybridized carbons (Fsp3) is 0.0909. The molecule has 2 aromatic rings. The normalized spacial score (nSPS) is 11.5. The van der Waals surface area contributed by atoms with Crippen LogP contribution in [-0.4, -0.2) is 9.97 Å². The maximum Gasteiger partial charge on any atom is 0.433 e. The standard InChI is InChI=1S/C11H8F3N3/c12-11(13,14)10-5-9(16-6-17-10)7-3-1-2-4-8(7)15/h1-6H,15H2. The van der Waals surface area contributed by atoms with Crippen LogP contribution in [0.25, 0.3) is 11.3 Å². The molecule has 0 saturated heterocycles. The summed E-state index contributed by atoms with van der Waals surface area (Å²) in [6, 6.07) is 7.47. The fourth-order valence-corrected chi connectivity index (χ4v) is 1.39. The number of para-hydroxylation sites is 1. The van der Waals surface area contributed by atoms with Gasteiger partial charge in [0.1, 0.15) is 12.0 Å². The molecule has 0 saturated carbocycles. The molecular formula is C11H8F3N3. The molecule has 2 rings (SSSR count). The monoisotopic (exact) mass is 239 g/mol. The highest BCUT2D eigenvalue weighted by Crippen LogP contribution is 2.30. The van der Waals surface area contributed by atoms with Gasteiger partial charge < -0.3 is 5.73 Å². The number of hydrogen-bond acceptors (Lipinski definition) is 3. The van der Waals surface area contributed by atoms with Crippen molar-refractivity contribution in [2.24, 2.45) is 0 Å². The Bertz CT molecular complexity index is 537. The van der Waals surface area contributed by atoms with Gasteiger partial charge in [0, 0.05) is 11.3 Å². The van der Waals surface area contributed by atoms with Crippen molar-refractivity contribution in [1.82, 2.24) is 9.97 Å². The van der Waals surface area contributed by atoms with E-state index in [1.165, 1.54) is 0 Å². The lowest BCUT2D eigenvalue weighted by Gasteiger charge is -2.08. The minimum absolute atomic E-state index is 0.158. The third kappa shape index (κ3) is 2.35. The maximum absolute atomic E-state index is 12.5. The molecule has 0 aliphatic carbocycles. The van der Waals surface area contributed by atoms with Crippen LogP contribution in [0.2, 0.25) is 0 Å². The highest BCUT2D eigenvalue weighted by Gasteiger charge is 2.32. The van der Waals surface area contributed by atoms with Gasteiger partial charge in [-0.3, -0.25) is 0 Å². The van der Waals surface area contributed by atoms with Crippen molar-refractivity contribution in [3.63, 3.8) is 0 Å². The van der Waals surface area contributed by atoms with Crippen molar-refractivity contribution in [1.29, 1.82) is 0 Å². The molecule has 88 valence electrons. The summed E-state index contributed by atoms with van der Waals surface area (Å²) in [7, 11) is 0. The van der Waals surface area contributed by atoms with Crippen LogP contribution in [-0.2, 0) is 6.18 Å². The van der Waals surface area contributed by atoms with Crippen LogP contribution >= 0.6 is 0 Å². The Balaban J connectivity index is 2.51. The van der Waals surface area contributed by atoms with E-state index in [1.54, 1.807) is 24.3 Å². The number of aromatic nitrogens is 2. The van der Waals surface area contributed by atoms with Crippen molar-refractivity contribution >= 4 is 5.69 Å². The van der Waals surface area contributed by atoms with Crippen LogP contribution in [0.3, 0.4) is 0 Å². The predicted molar refractivity (Wildman–Crippen MR) is 56.9 cm³/mol. The first kappa shape index (κ1) is 11.4. The molecule has 1 heterocycles. The number of rotatable bonds is 1. The zero-order chi connectivity index (χ0) is 12.5. The van der Waals surface area contributed by atoms with Gasteiger partial charge >= 0.3 is 6.18 Å². The molecule has 0 fully saturated rings. The van der Waals surface area contributed by atoms with Gasteiger partial charge in [-0.25, -0.2) is 9.97 Å². The molecule has 0 unspecified atom stereocenters. The molecule has 0 bridgehead atoms. The molecule has 0 spiro atoms. The van der Waals surface area contributed by atoms with E-state index in [0.717, 1.165) is 12.4 Å². The number of alkyl halides is 3. The smallest absolute Gasteiger partial charge is 0.398 e. The SMILES string of the molecule is Nc1ccccc1-c1cc(C(F)(F)F)ncn1. The minimum atomic E-state index is -4.48. The lowest BCUT2D eigenvalue weighted by molar-refractivity contribution is -0.141. The van der Waals surface area contributed by atoms with Gasteiger partial charge in [-0.2, -0.15) is 13.2 Å². The van der Waals surface area contributed by atoms with E-state index in [4.69, 9.17) is 5.73 Å². The van der Waals surface area contributed by atoms with Gasteiger partial charge in [0.25, 0.3) is 0 Å². The van der Waals surface area contributed by atoms with Gasteiger partial charge in [-0.05, 0) is 12.1 Å². The van der Waals surface area contributed by atoms with Crippen molar-refractivity contribution in [2.45, 2.75) is 6.18 Å². The summed E-state index contributed by atoms with van der Waals surface area (Å²) < 4.78 is 37.4. The molecule has 0 radical (unpaired) electrons. The lowest BCUT2D eigenvalue weighted by Crippen LogP contribution is -2.08. The third-order valence-corrected chi connectivity index (χ3v) is 2.19. The second-order valence-electron chi connectivity index (χ2n) is 3.37. The summed E-state index contributed by atoms with van der Waals surface area (Å²) in [6.07, 6.45) is -3.61. The number of halogens is 3. The van der Waals surface area contributed by atoms with Crippen LogP contribution in [0.1, 0.15) is 5.69 Å². The van der Waals surface area contributed by atoms with Crippen molar-refractivity contribution in [3.8, 4) is 11.3 Å². The van der Waals surface area contributed by atoms with Crippen LogP contribution < -0.4 is 5.73 Å². The number of hydrogen-bond donors (Lipinski definition) is 1. The van der Waals surface area contributed by atoms with Crippen LogP contribution in [0.15, 0.2) is 36.7 Å². The Morgan fingerprint density at radius 1 is 1.06 bits per heavy atom. The summed E-state index contributed by atoms with van der Waals surface area (Å²) in [5.74, 6) is 0. The second-order valence-corrected chi connectivity index (χ2v) is 3.37. The molecule has 0 aliphatic heterocycles. The van der Waals surface area contributed by atoms with Gasteiger partial charge in [-0.1, -0.05) is 18.2 Å². The van der Waals surface area contributed by atoms with E-state index in [-0.39, 0.29) is 5.69 Å². The quantitative estimate of drug-likeness (QED) is 0.778. The summed E-state index contributed by atoms with van der Waals surface area (Å²) in [5.41, 5.74) is 5.68. The van der Waals surface area contributed by atoms with E-state index in [0.29, 0.717) is 11.3 Å². The second kappa shape index (κ2) is 4.04. The van der Waals surface area contributed by atoms with E-state index >= 15 is 0 Å². The maximum atomic E-state index is 12.5. The van der Waals surface area contributed by atoms with E-state index < -0.39 is 11.9 Å². The average Bonchev–Trinajstić information content (AvgIpc) is 2.29. The molecule has 3 nitrogen and oxygen atoms in total. The Labute approximate surface area is 95.1 Å². The number of nitrogens with two attached hydrogens (primary N) is 1. The molecule has 1 aromatic carbocycles. The first-order chi connectivity index (χ1) is 7.98. The zero-order valence-corrected chi connectivity index (χ0v) is 8.57. The summed E-state index contributed by atoms with van der Waals surface area (Å²) in [4.78, 5) is 6.98. The Hall–Kier alpha value is -2.11. The molecular weight excluding hydrogens is 231 g/mol. The predicted octanol–water partition coefficient (Wildman–Crippen LogP) is 2.74. The van der Waals surface area contributed by atoms with Gasteiger partial charge in [0.2, 0.25) is 0 Å². The molecule has 2 N–H and O–H groups in total. The van der Waals surface area contributed by atoms with Gasteiger partial charge in [0.15, 0.2) is 0 Å². The van der Waals surface area contributed by atoms with Crippen molar-refractivity contribution in [3.05, 3.63) is 42.4 Å². The molecule has 0 aliphatic rings. The molecule has 17 heavy (non-hydrogen) atoms. The highest BCUT2D eigenvalue weighted by atomic mass is 19.4. The van der Waals surface area contributed by atoms with Crippen LogP contribution in [0.4, 0.5) is 18.9 Å². The van der Waals surface area contributed by atoms with E-state index in [1.807, 2.05) is 0 Å². The molecule has 1 aromatic heterocycles. The minimum Gasteiger partial charge on any atom is -0.398 e. The fourth-order valence-electron chi connectivity index (χ4n) is 1.39. The van der Waals surface area contributed by atoms with E-state index in [2.05, 4.69) is 9.97 Å². The average molecular weight is 239 g/mol. The first-order valence-electron chi connectivity index (χ1n) is 4.72. The van der Waals surface area contributed by atoms with Crippen LogP contribution in [0, 0.1) is 0 Å². The van der Waals surface area contributed by atoms with Crippen LogP contribution in [0.5, 0.6) is 0 Å². The summed E-state index contributed by atoms with van der Waals surface area (Å²) >= 11 is 0. The Kier molecular flexibility index (Phi) is 2.71. The number of nitrogens with zero attached hydrogens (tertiary/aromatic N) is 2. The molecule has 0 amide bonds. The van der Waals surface area contributed by atoms with Crippen molar-refractivity contribution < 1.29 is 13.2 Å². The summed E-state index contributed by atoms with van der Waals surface area (Å²) in [5, 5.41) is 0. The number of nitrogen functional groups attached to an aromatic ring is 1. The number of benzene rings is 1. The van der Waals surface area contributed by atoms with Crippen molar-refractivity contribution in [2.75, 3.05) is 5.73 Å². The Morgan fingerprint density at radius 3 is 2.41 bits per heavy atom. The largest absolute Gasteiger partial charge is 0.433 e. The molecule has 0 atom stereocenters. The Morgan fingerprint density at radius 2 is 1.76 bits per heavy atom. The highest BCUT2D eigenvalue weighted by molar-refractivity contribution is 5.73. The van der Waals surface area contributed by atoms with Gasteiger partial charge in [0.05, 0.1) is 5.69 Å². The summed E-state index contributed by atoms with van der Waals surface area (Å²) in [6.45, 7) is 0. The molecule has 6 heteroatoms.